The molecule has 0 N–H and O–H groups in total. The van der Waals surface area contributed by atoms with E-state index < -0.39 is 0 Å². The molecule has 2 heterocycles. The number of nitrogens with zero attached hydrogens (tertiary/aromatic N) is 5. The number of benzene rings is 3. The third kappa shape index (κ3) is 8.14. The van der Waals surface area contributed by atoms with Gasteiger partial charge < -0.3 is 9.80 Å². The molecule has 0 radical (unpaired) electrons. The van der Waals surface area contributed by atoms with E-state index in [0.29, 0.717) is 38.9 Å². The van der Waals surface area contributed by atoms with E-state index in [0.717, 1.165) is 41.7 Å². The molecule has 0 saturated carbocycles. The maximum atomic E-state index is 13.0. The van der Waals surface area contributed by atoms with Crippen LogP contribution in [-0.2, 0) is 22.4 Å². The number of amides is 2. The summed E-state index contributed by atoms with van der Waals surface area (Å²) < 4.78 is 2.18. The van der Waals surface area contributed by atoms with Crippen molar-refractivity contribution < 1.29 is 9.59 Å². The van der Waals surface area contributed by atoms with Crippen molar-refractivity contribution in [2.75, 3.05) is 25.4 Å². The van der Waals surface area contributed by atoms with E-state index in [4.69, 9.17) is 0 Å². The lowest BCUT2D eigenvalue weighted by Crippen LogP contribution is -2.55. The number of carbonyl (C=O) groups is 2. The third-order valence-corrected chi connectivity index (χ3v) is 9.06. The minimum absolute atomic E-state index is 0.0365. The zero-order chi connectivity index (χ0) is 30.0. The first-order valence-corrected chi connectivity index (χ1v) is 16.3. The molecule has 0 aliphatic carbocycles. The van der Waals surface area contributed by atoms with Crippen LogP contribution in [0.3, 0.4) is 0 Å². The summed E-state index contributed by atoms with van der Waals surface area (Å²) in [6.07, 6.45) is 4.23. The molecule has 0 bridgehead atoms. The predicted molar refractivity (Wildman–Crippen MR) is 172 cm³/mol. The van der Waals surface area contributed by atoms with Crippen molar-refractivity contribution in [1.82, 2.24) is 24.6 Å². The van der Waals surface area contributed by atoms with Crippen LogP contribution >= 0.6 is 11.8 Å². The highest BCUT2D eigenvalue weighted by Crippen LogP contribution is 2.26. The summed E-state index contributed by atoms with van der Waals surface area (Å²) in [5.41, 5.74) is 4.66. The fraction of sp³-hybridized carbons (Fsp3) is 0.371. The van der Waals surface area contributed by atoms with Crippen molar-refractivity contribution in [2.24, 2.45) is 0 Å². The van der Waals surface area contributed by atoms with Crippen molar-refractivity contribution >= 4 is 23.6 Å². The number of hydrogen-bond donors (Lipinski definition) is 0. The molecule has 0 spiro atoms. The van der Waals surface area contributed by atoms with Crippen LogP contribution in [0.1, 0.15) is 55.1 Å². The van der Waals surface area contributed by atoms with Gasteiger partial charge in [-0.1, -0.05) is 90.6 Å². The molecule has 1 saturated heterocycles. The van der Waals surface area contributed by atoms with Gasteiger partial charge in [0.2, 0.25) is 11.8 Å². The summed E-state index contributed by atoms with van der Waals surface area (Å²) in [7, 11) is 0. The number of para-hydroxylation sites is 1. The summed E-state index contributed by atoms with van der Waals surface area (Å²) in [5, 5.41) is 10.0. The number of piperazine rings is 1. The Kier molecular flexibility index (Phi) is 10.7. The summed E-state index contributed by atoms with van der Waals surface area (Å²) in [6.45, 7) is 5.99. The fourth-order valence-electron chi connectivity index (χ4n) is 5.64. The Balaban J connectivity index is 1.09. The van der Waals surface area contributed by atoms with Gasteiger partial charge in [-0.25, -0.2) is 0 Å². The van der Waals surface area contributed by atoms with Crippen LogP contribution in [-0.4, -0.2) is 67.8 Å². The first-order chi connectivity index (χ1) is 21.0. The molecule has 1 aliphatic heterocycles. The minimum Gasteiger partial charge on any atom is -0.339 e. The fourth-order valence-corrected chi connectivity index (χ4v) is 6.60. The van der Waals surface area contributed by atoms with E-state index in [-0.39, 0.29) is 17.9 Å². The first kappa shape index (κ1) is 30.5. The number of hydrogen-bond acceptors (Lipinski definition) is 5. The Morgan fingerprint density at radius 3 is 2.23 bits per heavy atom. The maximum absolute atomic E-state index is 13.0. The average molecular weight is 596 g/mol. The highest BCUT2D eigenvalue weighted by atomic mass is 32.2. The molecule has 1 aliphatic rings. The van der Waals surface area contributed by atoms with Gasteiger partial charge in [-0.2, -0.15) is 0 Å². The summed E-state index contributed by atoms with van der Waals surface area (Å²) in [6, 6.07) is 28.9. The normalized spacial score (nSPS) is 15.1. The number of aryl methyl sites for hydroxylation is 2. The minimum atomic E-state index is 0.0365. The largest absolute Gasteiger partial charge is 0.339 e. The zero-order valence-electron chi connectivity index (χ0n) is 25.2. The van der Waals surface area contributed by atoms with Crippen LogP contribution < -0.4 is 0 Å². The van der Waals surface area contributed by atoms with Crippen molar-refractivity contribution in [3.63, 3.8) is 0 Å². The highest BCUT2D eigenvalue weighted by Gasteiger charge is 2.29. The number of carbonyl (C=O) groups excluding carboxylic acids is 2. The second-order valence-electron chi connectivity index (χ2n) is 11.3. The van der Waals surface area contributed by atoms with Gasteiger partial charge in [-0.05, 0) is 55.9 Å². The Hall–Kier alpha value is -3.91. The van der Waals surface area contributed by atoms with Gasteiger partial charge in [0, 0.05) is 50.7 Å². The summed E-state index contributed by atoms with van der Waals surface area (Å²) in [4.78, 5) is 29.7. The lowest BCUT2D eigenvalue weighted by molar-refractivity contribution is -0.142. The van der Waals surface area contributed by atoms with Crippen LogP contribution in [0.15, 0.2) is 90.1 Å². The van der Waals surface area contributed by atoms with Crippen LogP contribution in [0.5, 0.6) is 0 Å². The average Bonchev–Trinajstić information content (AvgIpc) is 3.42. The molecule has 1 fully saturated rings. The standard InChI is InChI=1S/C35H41N5O2S/c1-27-13-9-10-18-31(27)40-32(25-30-16-7-4-8-17-30)36-37-35(40)43-24-12-11-19-33(41)38-22-23-39(28(2)26-38)34(42)21-20-29-14-5-3-6-15-29/h3-10,13-18,28H,11-12,19-26H2,1-2H3. The second kappa shape index (κ2) is 15.0. The summed E-state index contributed by atoms with van der Waals surface area (Å²) >= 11 is 1.70. The monoisotopic (exact) mass is 595 g/mol. The Morgan fingerprint density at radius 2 is 1.51 bits per heavy atom. The maximum Gasteiger partial charge on any atom is 0.223 e. The predicted octanol–water partition coefficient (Wildman–Crippen LogP) is 6.12. The van der Waals surface area contributed by atoms with Crippen LogP contribution in [0.25, 0.3) is 5.69 Å². The molecule has 2 amide bonds. The van der Waals surface area contributed by atoms with Crippen molar-refractivity contribution in [3.05, 3.63) is 107 Å². The van der Waals surface area contributed by atoms with Gasteiger partial charge in [0.25, 0.3) is 0 Å². The highest BCUT2D eigenvalue weighted by molar-refractivity contribution is 7.99. The van der Waals surface area contributed by atoms with E-state index in [1.54, 1.807) is 11.8 Å². The van der Waals surface area contributed by atoms with Gasteiger partial charge in [-0.3, -0.25) is 14.2 Å². The summed E-state index contributed by atoms with van der Waals surface area (Å²) in [5.74, 6) is 2.14. The van der Waals surface area contributed by atoms with E-state index in [1.807, 2.05) is 53.1 Å². The van der Waals surface area contributed by atoms with Gasteiger partial charge in [-0.15, -0.1) is 10.2 Å². The zero-order valence-corrected chi connectivity index (χ0v) is 26.0. The van der Waals surface area contributed by atoms with E-state index >= 15 is 0 Å². The second-order valence-corrected chi connectivity index (χ2v) is 12.3. The van der Waals surface area contributed by atoms with Crippen LogP contribution in [0.4, 0.5) is 0 Å². The molecular weight excluding hydrogens is 554 g/mol. The quantitative estimate of drug-likeness (QED) is 0.146. The third-order valence-electron chi connectivity index (χ3n) is 8.05. The van der Waals surface area contributed by atoms with Gasteiger partial charge in [0.05, 0.1) is 5.69 Å². The molecular formula is C35H41N5O2S. The van der Waals surface area contributed by atoms with E-state index in [2.05, 4.69) is 70.2 Å². The SMILES string of the molecule is Cc1ccccc1-n1c(Cc2ccccc2)nnc1SCCCCC(=O)N1CCN(C(=O)CCc2ccccc2)C(C)C1. The lowest BCUT2D eigenvalue weighted by atomic mass is 10.1. The first-order valence-electron chi connectivity index (χ1n) is 15.3. The molecule has 1 aromatic heterocycles. The molecule has 1 unspecified atom stereocenters. The molecule has 3 aromatic carbocycles. The molecule has 7 nitrogen and oxygen atoms in total. The van der Waals surface area contributed by atoms with Crippen molar-refractivity contribution in [1.29, 1.82) is 0 Å². The number of aromatic nitrogens is 3. The number of unbranched alkanes of at least 4 members (excludes halogenated alkanes) is 1. The van der Waals surface area contributed by atoms with E-state index in [9.17, 15) is 9.59 Å². The molecule has 5 rings (SSSR count). The van der Waals surface area contributed by atoms with Gasteiger partial charge >= 0.3 is 0 Å². The van der Waals surface area contributed by atoms with Gasteiger partial charge in [0.1, 0.15) is 5.82 Å². The van der Waals surface area contributed by atoms with Gasteiger partial charge in [0.15, 0.2) is 5.16 Å². The Morgan fingerprint density at radius 1 is 0.814 bits per heavy atom. The smallest absolute Gasteiger partial charge is 0.223 e. The topological polar surface area (TPSA) is 71.3 Å². The van der Waals surface area contributed by atoms with Crippen LogP contribution in [0.2, 0.25) is 0 Å². The van der Waals surface area contributed by atoms with E-state index in [1.165, 1.54) is 16.7 Å². The number of thioether (sulfide) groups is 1. The Labute approximate surface area is 259 Å². The van der Waals surface area contributed by atoms with Crippen molar-refractivity contribution in [2.45, 2.75) is 63.6 Å². The van der Waals surface area contributed by atoms with Crippen molar-refractivity contribution in [3.8, 4) is 5.69 Å². The molecule has 1 atom stereocenters. The molecule has 224 valence electrons. The molecule has 43 heavy (non-hydrogen) atoms. The lowest BCUT2D eigenvalue weighted by Gasteiger charge is -2.40. The van der Waals surface area contributed by atoms with Crippen LogP contribution in [0, 0.1) is 6.92 Å². The molecule has 4 aromatic rings. The Bertz CT molecular complexity index is 1490. The molecule has 8 heteroatoms. The number of rotatable bonds is 12.